The van der Waals surface area contributed by atoms with Crippen molar-refractivity contribution in [2.24, 2.45) is 0 Å². The fourth-order valence-electron chi connectivity index (χ4n) is 2.65. The Labute approximate surface area is 143 Å². The number of esters is 1. The number of aromatic hydroxyl groups is 1. The number of anilines is 1. The predicted molar refractivity (Wildman–Crippen MR) is 87.4 cm³/mol. The zero-order valence-corrected chi connectivity index (χ0v) is 13.9. The standard InChI is InChI=1S/C18H18F3NO3/c1-11-9-13(10-12(2)15(11)23)17(16(24)25-3,18(19,20)21)22-14-7-5-4-6-8-14/h4-10,22-23H,1-3H3/t17-/m0/s1. The molecule has 0 aliphatic heterocycles. The molecule has 0 aromatic heterocycles. The summed E-state index contributed by atoms with van der Waals surface area (Å²) in [5, 5.41) is 12.2. The molecule has 0 heterocycles. The number of hydrogen-bond acceptors (Lipinski definition) is 4. The van der Waals surface area contributed by atoms with Gasteiger partial charge in [0.1, 0.15) is 5.75 Å². The number of benzene rings is 2. The van der Waals surface area contributed by atoms with Gasteiger partial charge in [-0.2, -0.15) is 13.2 Å². The summed E-state index contributed by atoms with van der Waals surface area (Å²) in [7, 11) is 0.898. The first-order chi connectivity index (χ1) is 11.6. The summed E-state index contributed by atoms with van der Waals surface area (Å²) in [4.78, 5) is 12.3. The molecule has 1 atom stereocenters. The van der Waals surface area contributed by atoms with Gasteiger partial charge in [-0.15, -0.1) is 0 Å². The molecule has 4 nitrogen and oxygen atoms in total. The molecule has 0 spiro atoms. The van der Waals surface area contributed by atoms with Crippen LogP contribution in [0.3, 0.4) is 0 Å². The molecule has 0 radical (unpaired) electrons. The first-order valence-electron chi connectivity index (χ1n) is 7.42. The smallest absolute Gasteiger partial charge is 0.426 e. The van der Waals surface area contributed by atoms with Gasteiger partial charge in [-0.1, -0.05) is 18.2 Å². The molecule has 134 valence electrons. The van der Waals surface area contributed by atoms with Crippen LogP contribution in [-0.4, -0.2) is 24.4 Å². The number of ether oxygens (including phenoxy) is 1. The van der Waals surface area contributed by atoms with Gasteiger partial charge in [0.2, 0.25) is 0 Å². The second kappa shape index (κ2) is 6.66. The van der Waals surface area contributed by atoms with E-state index in [9.17, 15) is 23.1 Å². The molecule has 0 saturated carbocycles. The van der Waals surface area contributed by atoms with E-state index in [2.05, 4.69) is 10.1 Å². The highest BCUT2D eigenvalue weighted by atomic mass is 19.4. The number of carbonyl (C=O) groups is 1. The number of methoxy groups -OCH3 is 1. The second-order valence-corrected chi connectivity index (χ2v) is 5.69. The number of hydrogen-bond donors (Lipinski definition) is 2. The third kappa shape index (κ3) is 3.26. The van der Waals surface area contributed by atoms with Crippen molar-refractivity contribution in [3.8, 4) is 5.75 Å². The fourth-order valence-corrected chi connectivity index (χ4v) is 2.65. The molecule has 2 aromatic carbocycles. The normalized spacial score (nSPS) is 13.8. The molecule has 2 aromatic rings. The maximum atomic E-state index is 14.1. The summed E-state index contributed by atoms with van der Waals surface area (Å²) in [6.07, 6.45) is -4.99. The first-order valence-corrected chi connectivity index (χ1v) is 7.42. The number of rotatable bonds is 4. The summed E-state index contributed by atoms with van der Waals surface area (Å²) in [6, 6.07) is 9.84. The Kier molecular flexibility index (Phi) is 4.97. The average molecular weight is 353 g/mol. The molecule has 0 aliphatic carbocycles. The van der Waals surface area contributed by atoms with Crippen molar-refractivity contribution in [2.45, 2.75) is 25.6 Å². The number of halogens is 3. The van der Waals surface area contributed by atoms with Crippen molar-refractivity contribution in [2.75, 3.05) is 12.4 Å². The van der Waals surface area contributed by atoms with Gasteiger partial charge in [0.05, 0.1) is 7.11 Å². The van der Waals surface area contributed by atoms with Crippen molar-refractivity contribution in [1.82, 2.24) is 0 Å². The third-order valence-electron chi connectivity index (χ3n) is 3.95. The van der Waals surface area contributed by atoms with Gasteiger partial charge < -0.3 is 15.2 Å². The van der Waals surface area contributed by atoms with E-state index in [1.54, 1.807) is 18.2 Å². The van der Waals surface area contributed by atoms with Gasteiger partial charge >= 0.3 is 12.1 Å². The van der Waals surface area contributed by atoms with Gasteiger partial charge in [0, 0.05) is 5.69 Å². The topological polar surface area (TPSA) is 58.6 Å². The van der Waals surface area contributed by atoms with E-state index in [0.717, 1.165) is 19.2 Å². The van der Waals surface area contributed by atoms with Gasteiger partial charge in [-0.05, 0) is 54.8 Å². The summed E-state index contributed by atoms with van der Waals surface area (Å²) < 4.78 is 46.9. The van der Waals surface area contributed by atoms with E-state index in [1.807, 2.05) is 0 Å². The Hall–Kier alpha value is -2.70. The summed E-state index contributed by atoms with van der Waals surface area (Å²) in [5.41, 5.74) is -2.91. The Bertz CT molecular complexity index is 752. The fraction of sp³-hybridized carbons (Fsp3) is 0.278. The lowest BCUT2D eigenvalue weighted by atomic mass is 9.86. The molecule has 25 heavy (non-hydrogen) atoms. The molecular weight excluding hydrogens is 335 g/mol. The Morgan fingerprint density at radius 2 is 1.60 bits per heavy atom. The largest absolute Gasteiger partial charge is 0.507 e. The molecule has 0 bridgehead atoms. The van der Waals surface area contributed by atoms with Crippen molar-refractivity contribution in [3.05, 3.63) is 59.2 Å². The molecule has 2 rings (SSSR count). The van der Waals surface area contributed by atoms with Crippen LogP contribution in [0.1, 0.15) is 16.7 Å². The minimum atomic E-state index is -4.99. The molecular formula is C18H18F3NO3. The first kappa shape index (κ1) is 18.6. The van der Waals surface area contributed by atoms with Gasteiger partial charge in [-0.3, -0.25) is 0 Å². The van der Waals surface area contributed by atoms with Crippen LogP contribution in [0.5, 0.6) is 5.75 Å². The van der Waals surface area contributed by atoms with Crippen LogP contribution in [-0.2, 0) is 15.1 Å². The van der Waals surface area contributed by atoms with Crippen LogP contribution in [0, 0.1) is 13.8 Å². The number of aryl methyl sites for hydroxylation is 2. The Morgan fingerprint density at radius 3 is 2.04 bits per heavy atom. The molecule has 0 unspecified atom stereocenters. The summed E-state index contributed by atoms with van der Waals surface area (Å²) >= 11 is 0. The van der Waals surface area contributed by atoms with Crippen molar-refractivity contribution in [3.63, 3.8) is 0 Å². The van der Waals surface area contributed by atoms with Crippen LogP contribution in [0.2, 0.25) is 0 Å². The third-order valence-corrected chi connectivity index (χ3v) is 3.95. The quantitative estimate of drug-likeness (QED) is 0.814. The number of phenolic OH excluding ortho intramolecular Hbond substituents is 1. The summed E-state index contributed by atoms with van der Waals surface area (Å²) in [6.45, 7) is 2.93. The molecule has 0 aliphatic rings. The van der Waals surface area contributed by atoms with Crippen molar-refractivity contribution < 1.29 is 27.8 Å². The zero-order chi connectivity index (χ0) is 18.8. The summed E-state index contributed by atoms with van der Waals surface area (Å²) in [5.74, 6) is -1.61. The number of alkyl halides is 3. The van der Waals surface area contributed by atoms with Crippen LogP contribution >= 0.6 is 0 Å². The molecule has 0 amide bonds. The number of para-hydroxylation sites is 1. The lowest BCUT2D eigenvalue weighted by Gasteiger charge is -2.35. The highest BCUT2D eigenvalue weighted by Crippen LogP contribution is 2.44. The van der Waals surface area contributed by atoms with Crippen LogP contribution in [0.15, 0.2) is 42.5 Å². The predicted octanol–water partition coefficient (Wildman–Crippen LogP) is 4.05. The zero-order valence-electron chi connectivity index (χ0n) is 13.9. The highest BCUT2D eigenvalue weighted by Gasteiger charge is 2.63. The highest BCUT2D eigenvalue weighted by molar-refractivity contribution is 5.87. The van der Waals surface area contributed by atoms with Crippen molar-refractivity contribution in [1.29, 1.82) is 0 Å². The van der Waals surface area contributed by atoms with Crippen LogP contribution in [0.4, 0.5) is 18.9 Å². The maximum Gasteiger partial charge on any atom is 0.426 e. The van der Waals surface area contributed by atoms with Crippen molar-refractivity contribution >= 4 is 11.7 Å². The Morgan fingerprint density at radius 1 is 1.08 bits per heavy atom. The minimum Gasteiger partial charge on any atom is -0.507 e. The number of nitrogens with one attached hydrogen (secondary N) is 1. The van der Waals surface area contributed by atoms with E-state index >= 15 is 0 Å². The molecule has 7 heteroatoms. The number of carbonyl (C=O) groups excluding carboxylic acids is 1. The molecule has 0 saturated heterocycles. The molecule has 2 N–H and O–H groups in total. The SMILES string of the molecule is COC(=O)[C@@](Nc1ccccc1)(c1cc(C)c(O)c(C)c1)C(F)(F)F. The average Bonchev–Trinajstić information content (AvgIpc) is 2.56. The van der Waals surface area contributed by atoms with Crippen LogP contribution < -0.4 is 5.32 Å². The van der Waals surface area contributed by atoms with E-state index in [4.69, 9.17) is 0 Å². The van der Waals surface area contributed by atoms with Crippen LogP contribution in [0.25, 0.3) is 0 Å². The monoisotopic (exact) mass is 353 g/mol. The Balaban J connectivity index is 2.76. The maximum absolute atomic E-state index is 14.1. The van der Waals surface area contributed by atoms with E-state index in [-0.39, 0.29) is 28.1 Å². The van der Waals surface area contributed by atoms with E-state index in [0.29, 0.717) is 0 Å². The van der Waals surface area contributed by atoms with Gasteiger partial charge in [-0.25, -0.2) is 4.79 Å². The lowest BCUT2D eigenvalue weighted by molar-refractivity contribution is -0.201. The van der Waals surface area contributed by atoms with Gasteiger partial charge in [0.15, 0.2) is 0 Å². The van der Waals surface area contributed by atoms with E-state index in [1.165, 1.54) is 26.0 Å². The molecule has 0 fully saturated rings. The number of phenols is 1. The van der Waals surface area contributed by atoms with Gasteiger partial charge in [0.25, 0.3) is 5.54 Å². The minimum absolute atomic E-state index is 0.105. The van der Waals surface area contributed by atoms with E-state index < -0.39 is 17.7 Å². The lowest BCUT2D eigenvalue weighted by Crippen LogP contribution is -2.55. The second-order valence-electron chi connectivity index (χ2n) is 5.69.